The molecule has 0 aromatic heterocycles. The molecule has 1 aliphatic rings. The lowest BCUT2D eigenvalue weighted by molar-refractivity contribution is -0.139. The number of likely N-dealkylation sites (N-methyl/N-ethyl adjacent to an activating group) is 1. The van der Waals surface area contributed by atoms with Gasteiger partial charge < -0.3 is 20.8 Å². The predicted octanol–water partition coefficient (Wildman–Crippen LogP) is -1.43. The van der Waals surface area contributed by atoms with E-state index in [2.05, 4.69) is 10.6 Å². The van der Waals surface area contributed by atoms with Crippen LogP contribution in [-0.2, 0) is 14.4 Å². The number of carboxylic acid groups (broad SMARTS) is 2. The molecule has 1 aliphatic heterocycles. The fraction of sp³-hybridized carbons (Fsp3) is 0.750. The van der Waals surface area contributed by atoms with Crippen LogP contribution in [0.15, 0.2) is 0 Å². The number of nitrogens with zero attached hydrogens (tertiary/aromatic N) is 1. The number of hydrogen-bond donors (Lipinski definition) is 4. The van der Waals surface area contributed by atoms with E-state index >= 15 is 0 Å². The van der Waals surface area contributed by atoms with Crippen molar-refractivity contribution >= 4 is 17.8 Å². The molecule has 1 heterocycles. The number of carboxylic acids is 2. The van der Waals surface area contributed by atoms with Gasteiger partial charge in [-0.05, 0) is 33.0 Å². The summed E-state index contributed by atoms with van der Waals surface area (Å²) in [5.41, 5.74) is 0. The molecule has 0 unspecified atom stereocenters. The Bertz CT molecular complexity index is 366. The van der Waals surface area contributed by atoms with E-state index in [1.807, 2.05) is 0 Å². The van der Waals surface area contributed by atoms with Crippen LogP contribution in [-0.4, -0.2) is 72.2 Å². The van der Waals surface area contributed by atoms with Crippen LogP contribution in [0, 0.1) is 5.92 Å². The molecule has 4 N–H and O–H groups in total. The molecule has 8 nitrogen and oxygen atoms in total. The molecule has 0 aliphatic carbocycles. The normalized spacial score (nSPS) is 18.4. The van der Waals surface area contributed by atoms with Crippen molar-refractivity contribution < 1.29 is 24.6 Å². The van der Waals surface area contributed by atoms with Gasteiger partial charge in [-0.3, -0.25) is 19.3 Å². The van der Waals surface area contributed by atoms with E-state index in [4.69, 9.17) is 10.2 Å². The van der Waals surface area contributed by atoms with Gasteiger partial charge in [0.05, 0.1) is 6.54 Å². The maximum absolute atomic E-state index is 11.9. The lowest BCUT2D eigenvalue weighted by Gasteiger charge is -2.30. The Morgan fingerprint density at radius 1 is 1.25 bits per heavy atom. The number of likely N-dealkylation sites (tertiary alicyclic amines) is 1. The standard InChI is InChI=1S/C12H21N3O5/c1-13-9(12(19)20)6-14-11(18)8-2-4-15(5-3-8)7-10(16)17/h8-9,13H,2-7H2,1H3,(H,14,18)(H,16,17)(H,19,20)/t9-/m0/s1. The molecular formula is C12H21N3O5. The molecule has 1 rings (SSSR count). The molecule has 1 amide bonds. The van der Waals surface area contributed by atoms with Gasteiger partial charge in [-0.15, -0.1) is 0 Å². The number of carbonyl (C=O) groups excluding carboxylic acids is 1. The van der Waals surface area contributed by atoms with Crippen molar-refractivity contribution in [2.24, 2.45) is 5.92 Å². The summed E-state index contributed by atoms with van der Waals surface area (Å²) >= 11 is 0. The van der Waals surface area contributed by atoms with Gasteiger partial charge in [-0.1, -0.05) is 0 Å². The molecule has 8 heteroatoms. The Labute approximate surface area is 117 Å². The maximum Gasteiger partial charge on any atom is 0.322 e. The minimum Gasteiger partial charge on any atom is -0.480 e. The summed E-state index contributed by atoms with van der Waals surface area (Å²) in [5, 5.41) is 22.7. The number of nitrogens with one attached hydrogen (secondary N) is 2. The summed E-state index contributed by atoms with van der Waals surface area (Å²) in [7, 11) is 1.52. The first-order valence-electron chi connectivity index (χ1n) is 6.56. The third-order valence-electron chi connectivity index (χ3n) is 3.44. The number of hydrogen-bond acceptors (Lipinski definition) is 5. The smallest absolute Gasteiger partial charge is 0.322 e. The van der Waals surface area contributed by atoms with Crippen molar-refractivity contribution in [3.63, 3.8) is 0 Å². The molecule has 20 heavy (non-hydrogen) atoms. The second kappa shape index (κ2) is 7.81. The first kappa shape index (κ1) is 16.4. The van der Waals surface area contributed by atoms with Gasteiger partial charge >= 0.3 is 11.9 Å². The van der Waals surface area contributed by atoms with Gasteiger partial charge in [0.25, 0.3) is 0 Å². The molecule has 114 valence electrons. The molecular weight excluding hydrogens is 266 g/mol. The van der Waals surface area contributed by atoms with Crippen molar-refractivity contribution in [3.8, 4) is 0 Å². The first-order chi connectivity index (χ1) is 9.43. The second-order valence-electron chi connectivity index (χ2n) is 4.87. The van der Waals surface area contributed by atoms with Crippen LogP contribution >= 0.6 is 0 Å². The number of carbonyl (C=O) groups is 3. The fourth-order valence-corrected chi connectivity index (χ4v) is 2.20. The van der Waals surface area contributed by atoms with Gasteiger partial charge in [0.1, 0.15) is 6.04 Å². The van der Waals surface area contributed by atoms with E-state index < -0.39 is 18.0 Å². The summed E-state index contributed by atoms with van der Waals surface area (Å²) in [5.74, 6) is -2.22. The Hall–Kier alpha value is -1.67. The van der Waals surface area contributed by atoms with Crippen molar-refractivity contribution in [3.05, 3.63) is 0 Å². The van der Waals surface area contributed by atoms with Gasteiger partial charge in [0.2, 0.25) is 5.91 Å². The van der Waals surface area contributed by atoms with E-state index in [0.29, 0.717) is 25.9 Å². The highest BCUT2D eigenvalue weighted by atomic mass is 16.4. The zero-order chi connectivity index (χ0) is 15.1. The quantitative estimate of drug-likeness (QED) is 0.453. The number of piperidine rings is 1. The monoisotopic (exact) mass is 287 g/mol. The largest absolute Gasteiger partial charge is 0.480 e. The van der Waals surface area contributed by atoms with Crippen LogP contribution in [0.5, 0.6) is 0 Å². The van der Waals surface area contributed by atoms with Crippen molar-refractivity contribution in [2.75, 3.05) is 33.2 Å². The Morgan fingerprint density at radius 2 is 1.85 bits per heavy atom. The van der Waals surface area contributed by atoms with Gasteiger partial charge in [-0.25, -0.2) is 0 Å². The third-order valence-corrected chi connectivity index (χ3v) is 3.44. The van der Waals surface area contributed by atoms with Crippen molar-refractivity contribution in [1.82, 2.24) is 15.5 Å². The molecule has 0 saturated carbocycles. The number of rotatable bonds is 7. The summed E-state index contributed by atoms with van der Waals surface area (Å²) < 4.78 is 0. The van der Waals surface area contributed by atoms with Gasteiger partial charge in [0, 0.05) is 12.5 Å². The topological polar surface area (TPSA) is 119 Å². The van der Waals surface area contributed by atoms with Crippen LogP contribution in [0.25, 0.3) is 0 Å². The maximum atomic E-state index is 11.9. The zero-order valence-electron chi connectivity index (χ0n) is 11.5. The van der Waals surface area contributed by atoms with E-state index in [1.165, 1.54) is 7.05 Å². The molecule has 0 aromatic rings. The molecule has 0 bridgehead atoms. The Kier molecular flexibility index (Phi) is 6.40. The van der Waals surface area contributed by atoms with Gasteiger partial charge in [-0.2, -0.15) is 0 Å². The average molecular weight is 287 g/mol. The van der Waals surface area contributed by atoms with Crippen LogP contribution in [0.1, 0.15) is 12.8 Å². The zero-order valence-corrected chi connectivity index (χ0v) is 11.5. The summed E-state index contributed by atoms with van der Waals surface area (Å²) in [6.07, 6.45) is 1.19. The molecule has 1 atom stereocenters. The minimum absolute atomic E-state index is 0.00478. The number of aliphatic carboxylic acids is 2. The molecule has 1 fully saturated rings. The Morgan fingerprint density at radius 3 is 2.30 bits per heavy atom. The molecule has 0 spiro atoms. The third kappa shape index (κ3) is 5.14. The van der Waals surface area contributed by atoms with E-state index in [0.717, 1.165) is 0 Å². The number of amides is 1. The average Bonchev–Trinajstić information content (AvgIpc) is 2.39. The highest BCUT2D eigenvalue weighted by molar-refractivity contribution is 5.80. The molecule has 0 aromatic carbocycles. The van der Waals surface area contributed by atoms with E-state index in [9.17, 15) is 14.4 Å². The van der Waals surface area contributed by atoms with Crippen molar-refractivity contribution in [1.29, 1.82) is 0 Å². The van der Waals surface area contributed by atoms with Crippen LogP contribution in [0.4, 0.5) is 0 Å². The minimum atomic E-state index is -1.01. The first-order valence-corrected chi connectivity index (χ1v) is 6.56. The SMILES string of the molecule is CN[C@@H](CNC(=O)C1CCN(CC(=O)O)CC1)C(=O)O. The highest BCUT2D eigenvalue weighted by Crippen LogP contribution is 2.16. The lowest BCUT2D eigenvalue weighted by atomic mass is 9.96. The molecule has 1 saturated heterocycles. The highest BCUT2D eigenvalue weighted by Gasteiger charge is 2.26. The second-order valence-corrected chi connectivity index (χ2v) is 4.87. The van der Waals surface area contributed by atoms with Crippen LogP contribution in [0.3, 0.4) is 0 Å². The molecule has 0 radical (unpaired) electrons. The van der Waals surface area contributed by atoms with Crippen molar-refractivity contribution in [2.45, 2.75) is 18.9 Å². The lowest BCUT2D eigenvalue weighted by Crippen LogP contribution is -2.47. The predicted molar refractivity (Wildman–Crippen MR) is 70.3 cm³/mol. The Balaban J connectivity index is 2.32. The summed E-state index contributed by atoms with van der Waals surface area (Å²) in [6, 6.07) is -0.800. The van der Waals surface area contributed by atoms with E-state index in [-0.39, 0.29) is 24.9 Å². The van der Waals surface area contributed by atoms with Crippen LogP contribution < -0.4 is 10.6 Å². The van der Waals surface area contributed by atoms with Gasteiger partial charge in [0.15, 0.2) is 0 Å². The van der Waals surface area contributed by atoms with E-state index in [1.54, 1.807) is 4.90 Å². The summed E-state index contributed by atoms with van der Waals surface area (Å²) in [6.45, 7) is 1.17. The fourth-order valence-electron chi connectivity index (χ4n) is 2.20. The van der Waals surface area contributed by atoms with Crippen LogP contribution in [0.2, 0.25) is 0 Å². The summed E-state index contributed by atoms with van der Waals surface area (Å²) in [4.78, 5) is 35.1.